The number of benzene rings is 1. The van der Waals surface area contributed by atoms with Gasteiger partial charge in [-0.05, 0) is 25.3 Å². The van der Waals surface area contributed by atoms with Gasteiger partial charge in [-0.25, -0.2) is 0 Å². The first-order chi connectivity index (χ1) is 10.1. The highest BCUT2D eigenvalue weighted by molar-refractivity contribution is 5.96. The van der Waals surface area contributed by atoms with Crippen molar-refractivity contribution in [3.8, 4) is 0 Å². The molecule has 1 heterocycles. The van der Waals surface area contributed by atoms with Crippen LogP contribution >= 0.6 is 0 Å². The van der Waals surface area contributed by atoms with E-state index >= 15 is 0 Å². The Kier molecular flexibility index (Phi) is 5.75. The van der Waals surface area contributed by atoms with E-state index in [1.165, 1.54) is 0 Å². The van der Waals surface area contributed by atoms with Gasteiger partial charge in [-0.15, -0.1) is 0 Å². The molecule has 21 heavy (non-hydrogen) atoms. The van der Waals surface area contributed by atoms with Crippen LogP contribution in [0.25, 0.3) is 0 Å². The van der Waals surface area contributed by atoms with Gasteiger partial charge in [-0.3, -0.25) is 9.59 Å². The number of aryl methyl sites for hydroxylation is 1. The molecule has 1 aromatic rings. The van der Waals surface area contributed by atoms with Gasteiger partial charge in [0.05, 0.1) is 6.10 Å². The molecule has 0 saturated carbocycles. The predicted molar refractivity (Wildman–Crippen MR) is 79.6 cm³/mol. The van der Waals surface area contributed by atoms with E-state index in [0.29, 0.717) is 13.1 Å². The second-order valence-electron chi connectivity index (χ2n) is 5.38. The molecule has 2 amide bonds. The van der Waals surface area contributed by atoms with E-state index in [-0.39, 0.29) is 24.3 Å². The number of amides is 2. The van der Waals surface area contributed by atoms with Crippen LogP contribution in [0, 0.1) is 6.92 Å². The van der Waals surface area contributed by atoms with E-state index in [1.807, 2.05) is 31.2 Å². The van der Waals surface area contributed by atoms with Crippen LogP contribution in [0.1, 0.15) is 30.4 Å². The van der Waals surface area contributed by atoms with E-state index in [4.69, 9.17) is 4.74 Å². The highest BCUT2D eigenvalue weighted by atomic mass is 16.5. The molecule has 0 radical (unpaired) electrons. The van der Waals surface area contributed by atoms with Crippen LogP contribution in [0.4, 0.5) is 0 Å². The van der Waals surface area contributed by atoms with E-state index in [9.17, 15) is 9.59 Å². The Labute approximate surface area is 125 Å². The van der Waals surface area contributed by atoms with Crippen molar-refractivity contribution in [2.75, 3.05) is 13.2 Å². The van der Waals surface area contributed by atoms with Gasteiger partial charge in [-0.2, -0.15) is 0 Å². The fourth-order valence-electron chi connectivity index (χ4n) is 2.33. The molecule has 1 saturated heterocycles. The third kappa shape index (κ3) is 5.55. The van der Waals surface area contributed by atoms with Crippen molar-refractivity contribution in [3.63, 3.8) is 0 Å². The van der Waals surface area contributed by atoms with Crippen molar-refractivity contribution in [2.24, 2.45) is 0 Å². The molecule has 0 aromatic heterocycles. The molecule has 1 fully saturated rings. The van der Waals surface area contributed by atoms with Crippen LogP contribution in [0.3, 0.4) is 0 Å². The molecule has 0 bridgehead atoms. The minimum absolute atomic E-state index is 0.101. The van der Waals surface area contributed by atoms with Crippen molar-refractivity contribution in [1.29, 1.82) is 0 Å². The Morgan fingerprint density at radius 1 is 1.29 bits per heavy atom. The molecular formula is C16H22N2O3. The second kappa shape index (κ2) is 7.78. The van der Waals surface area contributed by atoms with Gasteiger partial charge >= 0.3 is 0 Å². The van der Waals surface area contributed by atoms with Crippen molar-refractivity contribution in [2.45, 2.75) is 38.8 Å². The molecule has 5 nitrogen and oxygen atoms in total. The summed E-state index contributed by atoms with van der Waals surface area (Å²) in [6.07, 6.45) is 1.97. The summed E-state index contributed by atoms with van der Waals surface area (Å²) >= 11 is 0. The number of nitrogens with one attached hydrogen (secondary N) is 2. The standard InChI is InChI=1S/C16H22N2O3/c1-12-4-2-5-13(8-12)10-17-15(19)9-16(20)18-11-14-6-3-7-21-14/h2,4-5,8,14H,3,6-7,9-11H2,1H3,(H,17,19)(H,18,20). The highest BCUT2D eigenvalue weighted by Gasteiger charge is 2.17. The monoisotopic (exact) mass is 290 g/mol. The lowest BCUT2D eigenvalue weighted by Crippen LogP contribution is -2.35. The smallest absolute Gasteiger partial charge is 0.229 e. The quantitative estimate of drug-likeness (QED) is 0.776. The predicted octanol–water partition coefficient (Wildman–Crippen LogP) is 1.30. The molecule has 114 valence electrons. The normalized spacial score (nSPS) is 17.5. The Morgan fingerprint density at radius 3 is 2.81 bits per heavy atom. The molecule has 2 N–H and O–H groups in total. The summed E-state index contributed by atoms with van der Waals surface area (Å²) in [6.45, 7) is 3.70. The minimum atomic E-state index is -0.263. The third-order valence-electron chi connectivity index (χ3n) is 3.44. The van der Waals surface area contributed by atoms with Gasteiger partial charge in [0.2, 0.25) is 11.8 Å². The molecule has 1 unspecified atom stereocenters. The molecule has 0 aliphatic carbocycles. The molecule has 5 heteroatoms. The fourth-order valence-corrected chi connectivity index (χ4v) is 2.33. The second-order valence-corrected chi connectivity index (χ2v) is 5.38. The van der Waals surface area contributed by atoms with Crippen molar-refractivity contribution in [1.82, 2.24) is 10.6 Å². The SMILES string of the molecule is Cc1cccc(CNC(=O)CC(=O)NCC2CCCO2)c1. The maximum atomic E-state index is 11.7. The number of carbonyl (C=O) groups is 2. The van der Waals surface area contributed by atoms with Gasteiger partial charge in [0.1, 0.15) is 6.42 Å². The van der Waals surface area contributed by atoms with E-state index < -0.39 is 0 Å². The van der Waals surface area contributed by atoms with Crippen LogP contribution in [0.5, 0.6) is 0 Å². The molecule has 1 atom stereocenters. The number of rotatable bonds is 6. The molecule has 0 spiro atoms. The van der Waals surface area contributed by atoms with Gasteiger partial charge < -0.3 is 15.4 Å². The van der Waals surface area contributed by atoms with Gasteiger partial charge in [0.15, 0.2) is 0 Å². The summed E-state index contributed by atoms with van der Waals surface area (Å²) in [4.78, 5) is 23.4. The topological polar surface area (TPSA) is 67.4 Å². The summed E-state index contributed by atoms with van der Waals surface area (Å²) in [5.41, 5.74) is 2.18. The Balaban J connectivity index is 1.65. The largest absolute Gasteiger partial charge is 0.376 e. The average Bonchev–Trinajstić information content (AvgIpc) is 2.96. The van der Waals surface area contributed by atoms with Gasteiger partial charge in [-0.1, -0.05) is 29.8 Å². The van der Waals surface area contributed by atoms with Gasteiger partial charge in [0.25, 0.3) is 0 Å². The number of hydrogen-bond donors (Lipinski definition) is 2. The Bertz CT molecular complexity index is 496. The lowest BCUT2D eigenvalue weighted by molar-refractivity contribution is -0.129. The lowest BCUT2D eigenvalue weighted by Gasteiger charge is -2.11. The molecule has 1 aliphatic heterocycles. The molecular weight excluding hydrogens is 268 g/mol. The summed E-state index contributed by atoms with van der Waals surface area (Å²) in [7, 11) is 0. The van der Waals surface area contributed by atoms with E-state index in [2.05, 4.69) is 10.6 Å². The number of ether oxygens (including phenoxy) is 1. The average molecular weight is 290 g/mol. The van der Waals surface area contributed by atoms with Crippen LogP contribution in [-0.2, 0) is 20.9 Å². The zero-order chi connectivity index (χ0) is 15.1. The lowest BCUT2D eigenvalue weighted by atomic mass is 10.1. The van der Waals surface area contributed by atoms with E-state index in [0.717, 1.165) is 30.6 Å². The van der Waals surface area contributed by atoms with Gasteiger partial charge in [0, 0.05) is 19.7 Å². The minimum Gasteiger partial charge on any atom is -0.376 e. The number of carbonyl (C=O) groups excluding carboxylic acids is 2. The summed E-state index contributed by atoms with van der Waals surface area (Å²) < 4.78 is 5.41. The fraction of sp³-hybridized carbons (Fsp3) is 0.500. The summed E-state index contributed by atoms with van der Waals surface area (Å²) in [5.74, 6) is -0.520. The first kappa shape index (κ1) is 15.5. The molecule has 1 aromatic carbocycles. The van der Waals surface area contributed by atoms with Crippen molar-refractivity contribution >= 4 is 11.8 Å². The van der Waals surface area contributed by atoms with Crippen LogP contribution < -0.4 is 10.6 Å². The maximum absolute atomic E-state index is 11.7. The van der Waals surface area contributed by atoms with Crippen molar-refractivity contribution < 1.29 is 14.3 Å². The number of hydrogen-bond acceptors (Lipinski definition) is 3. The first-order valence-electron chi connectivity index (χ1n) is 7.34. The van der Waals surface area contributed by atoms with E-state index in [1.54, 1.807) is 0 Å². The van der Waals surface area contributed by atoms with Crippen LogP contribution in [0.15, 0.2) is 24.3 Å². The van der Waals surface area contributed by atoms with Crippen LogP contribution in [0.2, 0.25) is 0 Å². The summed E-state index contributed by atoms with van der Waals surface area (Å²) in [6, 6.07) is 7.91. The maximum Gasteiger partial charge on any atom is 0.229 e. The van der Waals surface area contributed by atoms with Crippen LogP contribution in [-0.4, -0.2) is 31.1 Å². The molecule has 1 aliphatic rings. The Morgan fingerprint density at radius 2 is 2.10 bits per heavy atom. The Hall–Kier alpha value is -1.88. The first-order valence-corrected chi connectivity index (χ1v) is 7.34. The third-order valence-corrected chi connectivity index (χ3v) is 3.44. The zero-order valence-corrected chi connectivity index (χ0v) is 12.4. The highest BCUT2D eigenvalue weighted by Crippen LogP contribution is 2.10. The molecule has 2 rings (SSSR count). The van der Waals surface area contributed by atoms with Crippen molar-refractivity contribution in [3.05, 3.63) is 35.4 Å². The summed E-state index contributed by atoms with van der Waals surface area (Å²) in [5, 5.41) is 5.49. The zero-order valence-electron chi connectivity index (χ0n) is 12.4.